The van der Waals surface area contributed by atoms with Gasteiger partial charge in [-0.25, -0.2) is 0 Å². The number of hydrogen-bond donors (Lipinski definition) is 2. The standard InChI is InChI=1S/C5H10O3/c1-4(2-6)5(8)3-7/h2,4-5,7-8H,3H2,1H3. The topological polar surface area (TPSA) is 57.5 Å². The van der Waals surface area contributed by atoms with Crippen LogP contribution in [-0.4, -0.2) is 29.2 Å². The Morgan fingerprint density at radius 1 is 1.75 bits per heavy atom. The highest BCUT2D eigenvalue weighted by Crippen LogP contribution is 1.95. The summed E-state index contributed by atoms with van der Waals surface area (Å²) >= 11 is 0. The van der Waals surface area contributed by atoms with E-state index in [9.17, 15) is 4.79 Å². The molecule has 0 amide bonds. The van der Waals surface area contributed by atoms with Gasteiger partial charge in [0.2, 0.25) is 0 Å². The number of rotatable bonds is 3. The molecule has 8 heavy (non-hydrogen) atoms. The quantitative estimate of drug-likeness (QED) is 0.476. The van der Waals surface area contributed by atoms with Crippen molar-refractivity contribution in [1.29, 1.82) is 0 Å². The summed E-state index contributed by atoms with van der Waals surface area (Å²) in [6.45, 7) is 1.20. The van der Waals surface area contributed by atoms with Gasteiger partial charge >= 0.3 is 0 Å². The second-order valence-corrected chi connectivity index (χ2v) is 1.75. The van der Waals surface area contributed by atoms with Gasteiger partial charge < -0.3 is 15.0 Å². The van der Waals surface area contributed by atoms with Gasteiger partial charge in [-0.15, -0.1) is 0 Å². The Hall–Kier alpha value is -0.410. The van der Waals surface area contributed by atoms with Crippen molar-refractivity contribution in [3.63, 3.8) is 0 Å². The molecule has 2 N–H and O–H groups in total. The molecular weight excluding hydrogens is 108 g/mol. The van der Waals surface area contributed by atoms with Gasteiger partial charge in [-0.3, -0.25) is 0 Å². The average molecular weight is 118 g/mol. The van der Waals surface area contributed by atoms with E-state index >= 15 is 0 Å². The molecule has 2 atom stereocenters. The van der Waals surface area contributed by atoms with Gasteiger partial charge in [-0.1, -0.05) is 6.92 Å². The summed E-state index contributed by atoms with van der Waals surface area (Å²) in [6.07, 6.45) is -0.284. The molecule has 0 fully saturated rings. The van der Waals surface area contributed by atoms with Crippen molar-refractivity contribution >= 4 is 6.29 Å². The predicted molar refractivity (Wildman–Crippen MR) is 28.3 cm³/mol. The van der Waals surface area contributed by atoms with Gasteiger partial charge in [0.1, 0.15) is 6.29 Å². The van der Waals surface area contributed by atoms with Crippen LogP contribution in [0.2, 0.25) is 0 Å². The highest BCUT2D eigenvalue weighted by Gasteiger charge is 2.09. The van der Waals surface area contributed by atoms with E-state index in [0.29, 0.717) is 6.29 Å². The van der Waals surface area contributed by atoms with Gasteiger partial charge in [-0.2, -0.15) is 0 Å². The molecule has 0 rings (SSSR count). The monoisotopic (exact) mass is 118 g/mol. The van der Waals surface area contributed by atoms with E-state index < -0.39 is 12.0 Å². The Balaban J connectivity index is 3.44. The molecule has 0 saturated heterocycles. The predicted octanol–water partition coefficient (Wildman–Crippen LogP) is -0.825. The summed E-state index contributed by atoms with van der Waals surface area (Å²) < 4.78 is 0. The van der Waals surface area contributed by atoms with E-state index in [2.05, 4.69) is 0 Å². The van der Waals surface area contributed by atoms with Gasteiger partial charge in [0, 0.05) is 5.92 Å². The van der Waals surface area contributed by atoms with Crippen molar-refractivity contribution in [2.75, 3.05) is 6.61 Å². The molecule has 0 radical (unpaired) electrons. The van der Waals surface area contributed by atoms with Crippen LogP contribution in [0.4, 0.5) is 0 Å². The van der Waals surface area contributed by atoms with Crippen LogP contribution in [0.15, 0.2) is 0 Å². The second-order valence-electron chi connectivity index (χ2n) is 1.75. The Labute approximate surface area is 47.9 Å². The molecule has 0 heterocycles. The van der Waals surface area contributed by atoms with E-state index in [-0.39, 0.29) is 6.61 Å². The molecule has 0 aliphatic heterocycles. The molecule has 0 aliphatic carbocycles. The maximum atomic E-state index is 9.83. The molecular formula is C5H10O3. The zero-order valence-electron chi connectivity index (χ0n) is 4.74. The van der Waals surface area contributed by atoms with Crippen molar-refractivity contribution < 1.29 is 15.0 Å². The van der Waals surface area contributed by atoms with Crippen molar-refractivity contribution in [3.05, 3.63) is 0 Å². The minimum atomic E-state index is -0.896. The zero-order valence-corrected chi connectivity index (χ0v) is 4.74. The summed E-state index contributed by atoms with van der Waals surface area (Å²) in [5.41, 5.74) is 0. The molecule has 3 heteroatoms. The maximum Gasteiger partial charge on any atom is 0.125 e. The third-order valence-electron chi connectivity index (χ3n) is 1.01. The molecule has 0 bridgehead atoms. The van der Waals surface area contributed by atoms with Crippen LogP contribution in [0.1, 0.15) is 6.92 Å². The number of carbonyl (C=O) groups is 1. The van der Waals surface area contributed by atoms with Crippen LogP contribution in [-0.2, 0) is 4.79 Å². The van der Waals surface area contributed by atoms with Crippen LogP contribution >= 0.6 is 0 Å². The Bertz CT molecular complexity index is 72.1. The van der Waals surface area contributed by atoms with E-state index in [1.807, 2.05) is 0 Å². The summed E-state index contributed by atoms with van der Waals surface area (Å²) in [7, 11) is 0. The van der Waals surface area contributed by atoms with Gasteiger partial charge in [0.25, 0.3) is 0 Å². The van der Waals surface area contributed by atoms with Gasteiger partial charge in [0.15, 0.2) is 0 Å². The summed E-state index contributed by atoms with van der Waals surface area (Å²) in [4.78, 5) is 9.83. The largest absolute Gasteiger partial charge is 0.394 e. The van der Waals surface area contributed by atoms with Crippen LogP contribution in [0.25, 0.3) is 0 Å². The minimum absolute atomic E-state index is 0.347. The normalized spacial score (nSPS) is 17.4. The Kier molecular flexibility index (Phi) is 3.39. The molecule has 0 aromatic carbocycles. The number of aldehydes is 1. The van der Waals surface area contributed by atoms with Gasteiger partial charge in [0.05, 0.1) is 12.7 Å². The molecule has 0 aromatic rings. The molecule has 48 valence electrons. The highest BCUT2D eigenvalue weighted by atomic mass is 16.3. The Morgan fingerprint density at radius 3 is 2.38 bits per heavy atom. The molecule has 0 aliphatic rings. The molecule has 0 saturated carbocycles. The first-order valence-electron chi connectivity index (χ1n) is 2.46. The molecule has 0 aromatic heterocycles. The first kappa shape index (κ1) is 7.59. The molecule has 3 nitrogen and oxygen atoms in total. The number of aliphatic hydroxyl groups excluding tert-OH is 2. The maximum absolute atomic E-state index is 9.83. The van der Waals surface area contributed by atoms with E-state index in [4.69, 9.17) is 10.2 Å². The minimum Gasteiger partial charge on any atom is -0.394 e. The Morgan fingerprint density at radius 2 is 2.25 bits per heavy atom. The lowest BCUT2D eigenvalue weighted by Gasteiger charge is -2.07. The van der Waals surface area contributed by atoms with Crippen molar-refractivity contribution in [1.82, 2.24) is 0 Å². The van der Waals surface area contributed by atoms with Crippen LogP contribution in [0.3, 0.4) is 0 Å². The SMILES string of the molecule is CC(C=O)C(O)CO. The fourth-order valence-electron chi connectivity index (χ4n) is 0.257. The van der Waals surface area contributed by atoms with E-state index in [1.165, 1.54) is 0 Å². The fraction of sp³-hybridized carbons (Fsp3) is 0.800. The second kappa shape index (κ2) is 3.57. The van der Waals surface area contributed by atoms with Crippen LogP contribution in [0.5, 0.6) is 0 Å². The summed E-state index contributed by atoms with van der Waals surface area (Å²) in [6, 6.07) is 0. The average Bonchev–Trinajstić information content (AvgIpc) is 1.84. The molecule has 2 unspecified atom stereocenters. The fourth-order valence-corrected chi connectivity index (χ4v) is 0.257. The zero-order chi connectivity index (χ0) is 6.57. The smallest absolute Gasteiger partial charge is 0.125 e. The number of hydrogen-bond acceptors (Lipinski definition) is 3. The lowest BCUT2D eigenvalue weighted by atomic mass is 10.1. The summed E-state index contributed by atoms with van der Waals surface area (Å²) in [5.74, 6) is -0.458. The van der Waals surface area contributed by atoms with Gasteiger partial charge in [-0.05, 0) is 0 Å². The third-order valence-corrected chi connectivity index (χ3v) is 1.01. The van der Waals surface area contributed by atoms with E-state index in [1.54, 1.807) is 6.92 Å². The van der Waals surface area contributed by atoms with Crippen LogP contribution < -0.4 is 0 Å². The number of aliphatic hydroxyl groups is 2. The van der Waals surface area contributed by atoms with E-state index in [0.717, 1.165) is 0 Å². The van der Waals surface area contributed by atoms with Crippen molar-refractivity contribution in [3.8, 4) is 0 Å². The third kappa shape index (κ3) is 2.04. The van der Waals surface area contributed by atoms with Crippen molar-refractivity contribution in [2.24, 2.45) is 5.92 Å². The lowest BCUT2D eigenvalue weighted by molar-refractivity contribution is -0.114. The molecule has 0 spiro atoms. The lowest BCUT2D eigenvalue weighted by Crippen LogP contribution is -2.22. The number of carbonyl (C=O) groups excluding carboxylic acids is 1. The summed E-state index contributed by atoms with van der Waals surface area (Å²) in [5, 5.41) is 16.9. The first-order chi connectivity index (χ1) is 3.72. The first-order valence-corrected chi connectivity index (χ1v) is 2.46. The highest BCUT2D eigenvalue weighted by molar-refractivity contribution is 5.53. The van der Waals surface area contributed by atoms with Crippen LogP contribution in [0, 0.1) is 5.92 Å². The van der Waals surface area contributed by atoms with Crippen molar-refractivity contribution in [2.45, 2.75) is 13.0 Å².